The molecular weight excluding hydrogens is 430 g/mol. The van der Waals surface area contributed by atoms with Crippen molar-refractivity contribution in [3.8, 4) is 5.75 Å². The summed E-state index contributed by atoms with van der Waals surface area (Å²) >= 11 is 0. The molecule has 2 amide bonds. The van der Waals surface area contributed by atoms with Crippen LogP contribution in [0.15, 0.2) is 24.3 Å². The molecule has 1 aromatic carbocycles. The molecule has 4 N–H and O–H groups in total. The SMILES string of the molecule is COc1ccc(CN2CC3(CC(C[C@@H](O)[C@H](N)C(=O)O)CN3C(=O)OC(C)(C)C)C2=O)cc1. The van der Waals surface area contributed by atoms with Gasteiger partial charge in [0, 0.05) is 13.1 Å². The number of carboxylic acid groups (broad SMARTS) is 1. The average Bonchev–Trinajstić information content (AvgIpc) is 3.12. The normalized spacial score (nSPS) is 24.4. The van der Waals surface area contributed by atoms with Gasteiger partial charge in [-0.3, -0.25) is 14.5 Å². The van der Waals surface area contributed by atoms with E-state index >= 15 is 0 Å². The van der Waals surface area contributed by atoms with Gasteiger partial charge in [0.05, 0.1) is 19.8 Å². The molecule has 2 aliphatic heterocycles. The van der Waals surface area contributed by atoms with Crippen molar-refractivity contribution >= 4 is 18.0 Å². The van der Waals surface area contributed by atoms with E-state index in [0.717, 1.165) is 11.3 Å². The molecule has 2 fully saturated rings. The van der Waals surface area contributed by atoms with Gasteiger partial charge in [0.1, 0.15) is 22.9 Å². The number of carbonyl (C=O) groups excluding carboxylic acids is 2. The van der Waals surface area contributed by atoms with Crippen LogP contribution in [-0.2, 0) is 20.9 Å². The third-order valence-corrected chi connectivity index (χ3v) is 6.14. The van der Waals surface area contributed by atoms with Crippen molar-refractivity contribution in [2.24, 2.45) is 11.7 Å². The zero-order chi connectivity index (χ0) is 24.6. The predicted molar refractivity (Wildman–Crippen MR) is 118 cm³/mol. The number of nitrogens with zero attached hydrogens (tertiary/aromatic N) is 2. The van der Waals surface area contributed by atoms with Gasteiger partial charge in [0.15, 0.2) is 0 Å². The Morgan fingerprint density at radius 3 is 2.42 bits per heavy atom. The Morgan fingerprint density at radius 2 is 1.91 bits per heavy atom. The number of hydrogen-bond donors (Lipinski definition) is 3. The van der Waals surface area contributed by atoms with Crippen molar-refractivity contribution in [1.82, 2.24) is 9.80 Å². The Hall–Kier alpha value is -2.85. The fourth-order valence-electron chi connectivity index (χ4n) is 4.55. The maximum Gasteiger partial charge on any atom is 0.411 e. The van der Waals surface area contributed by atoms with Gasteiger partial charge >= 0.3 is 12.1 Å². The molecule has 3 rings (SSSR count). The lowest BCUT2D eigenvalue weighted by Gasteiger charge is -2.51. The lowest BCUT2D eigenvalue weighted by molar-refractivity contribution is -0.161. The van der Waals surface area contributed by atoms with Gasteiger partial charge in [-0.15, -0.1) is 0 Å². The maximum atomic E-state index is 13.3. The van der Waals surface area contributed by atoms with Crippen LogP contribution in [0.25, 0.3) is 0 Å². The Balaban J connectivity index is 1.75. The lowest BCUT2D eigenvalue weighted by atomic mass is 9.81. The largest absolute Gasteiger partial charge is 0.497 e. The zero-order valence-electron chi connectivity index (χ0n) is 19.5. The number of aliphatic hydroxyl groups is 1. The molecule has 10 nitrogen and oxygen atoms in total. The number of hydrogen-bond acceptors (Lipinski definition) is 7. The van der Waals surface area contributed by atoms with Crippen LogP contribution in [0.4, 0.5) is 4.79 Å². The molecule has 2 unspecified atom stereocenters. The summed E-state index contributed by atoms with van der Waals surface area (Å²) < 4.78 is 10.7. The first-order chi connectivity index (χ1) is 15.4. The Kier molecular flexibility index (Phi) is 6.90. The number of nitrogens with two attached hydrogens (primary N) is 1. The van der Waals surface area contributed by atoms with E-state index in [1.807, 2.05) is 24.3 Å². The Morgan fingerprint density at radius 1 is 1.27 bits per heavy atom. The minimum Gasteiger partial charge on any atom is -0.497 e. The number of likely N-dealkylation sites (tertiary alicyclic amines) is 2. The van der Waals surface area contributed by atoms with Gasteiger partial charge < -0.3 is 30.3 Å². The first-order valence-electron chi connectivity index (χ1n) is 11.0. The molecule has 2 heterocycles. The van der Waals surface area contributed by atoms with Gasteiger partial charge in [-0.25, -0.2) is 4.79 Å². The predicted octanol–water partition coefficient (Wildman–Crippen LogP) is 1.20. The molecule has 2 saturated heterocycles. The fourth-order valence-corrected chi connectivity index (χ4v) is 4.55. The average molecular weight is 464 g/mol. The number of carboxylic acids is 1. The molecule has 182 valence electrons. The summed E-state index contributed by atoms with van der Waals surface area (Å²) in [5.41, 5.74) is 4.68. The van der Waals surface area contributed by atoms with Crippen molar-refractivity contribution in [1.29, 1.82) is 0 Å². The second-order valence-corrected chi connectivity index (χ2v) is 9.87. The Bertz CT molecular complexity index is 898. The summed E-state index contributed by atoms with van der Waals surface area (Å²) in [6, 6.07) is 5.97. The first kappa shape index (κ1) is 24.8. The topological polar surface area (TPSA) is 143 Å². The second kappa shape index (κ2) is 9.18. The molecule has 0 saturated carbocycles. The van der Waals surface area contributed by atoms with Crippen LogP contribution in [0.2, 0.25) is 0 Å². The maximum absolute atomic E-state index is 13.3. The van der Waals surface area contributed by atoms with E-state index in [1.54, 1.807) is 32.8 Å². The molecular formula is C23H33N3O7. The molecule has 0 bridgehead atoms. The number of amides is 2. The van der Waals surface area contributed by atoms with Crippen LogP contribution in [0.1, 0.15) is 39.2 Å². The van der Waals surface area contributed by atoms with Crippen molar-refractivity contribution in [2.45, 2.75) is 63.4 Å². The second-order valence-electron chi connectivity index (χ2n) is 9.87. The summed E-state index contributed by atoms with van der Waals surface area (Å²) in [5.74, 6) is -1.06. The summed E-state index contributed by atoms with van der Waals surface area (Å²) in [6.07, 6.45) is -1.50. The van der Waals surface area contributed by atoms with Crippen LogP contribution in [0, 0.1) is 5.92 Å². The number of benzene rings is 1. The number of methoxy groups -OCH3 is 1. The minimum absolute atomic E-state index is 0.0697. The molecule has 1 aromatic rings. The van der Waals surface area contributed by atoms with Crippen LogP contribution in [0.5, 0.6) is 5.75 Å². The number of β-lactam (4-membered cyclic amide) rings is 1. The van der Waals surface area contributed by atoms with E-state index in [2.05, 4.69) is 0 Å². The van der Waals surface area contributed by atoms with Gasteiger partial charge in [-0.05, 0) is 57.2 Å². The third kappa shape index (κ3) is 5.22. The number of ether oxygens (including phenoxy) is 2. The number of aliphatic hydroxyl groups excluding tert-OH is 1. The molecule has 10 heteroatoms. The molecule has 4 atom stereocenters. The smallest absolute Gasteiger partial charge is 0.411 e. The third-order valence-electron chi connectivity index (χ3n) is 6.14. The highest BCUT2D eigenvalue weighted by molar-refractivity contribution is 5.96. The monoisotopic (exact) mass is 463 g/mol. The van der Waals surface area contributed by atoms with Crippen LogP contribution in [-0.4, -0.2) is 81.5 Å². The highest BCUT2D eigenvalue weighted by atomic mass is 16.6. The van der Waals surface area contributed by atoms with E-state index in [4.69, 9.17) is 20.3 Å². The van der Waals surface area contributed by atoms with Crippen LogP contribution in [0.3, 0.4) is 0 Å². The lowest BCUT2D eigenvalue weighted by Crippen LogP contribution is -2.72. The van der Waals surface area contributed by atoms with E-state index < -0.39 is 35.3 Å². The first-order valence-corrected chi connectivity index (χ1v) is 11.0. The molecule has 0 aromatic heterocycles. The van der Waals surface area contributed by atoms with Crippen molar-refractivity contribution < 1.29 is 34.1 Å². The standard InChI is InChI=1S/C23H33N3O7/c1-22(2,3)33-21(31)26-12-15(9-17(27)18(24)19(28)29)10-23(26)13-25(20(23)30)11-14-5-7-16(32-4)8-6-14/h5-8,15,17-18,27H,9-13,24H2,1-4H3,(H,28,29)/t15?,17-,18+,23?/m1/s1. The number of rotatable bonds is 7. The van der Waals surface area contributed by atoms with E-state index in [0.29, 0.717) is 19.5 Å². The van der Waals surface area contributed by atoms with E-state index in [9.17, 15) is 19.5 Å². The van der Waals surface area contributed by atoms with Crippen molar-refractivity contribution in [2.75, 3.05) is 20.2 Å². The summed E-state index contributed by atoms with van der Waals surface area (Å²) in [6.45, 7) is 6.15. The van der Waals surface area contributed by atoms with Crippen molar-refractivity contribution in [3.05, 3.63) is 29.8 Å². The molecule has 2 aliphatic rings. The zero-order valence-corrected chi connectivity index (χ0v) is 19.5. The highest BCUT2D eigenvalue weighted by Gasteiger charge is 2.62. The van der Waals surface area contributed by atoms with Crippen LogP contribution < -0.4 is 10.5 Å². The molecule has 1 spiro atoms. The van der Waals surface area contributed by atoms with Gasteiger partial charge in [0.2, 0.25) is 0 Å². The Labute approximate surface area is 193 Å². The van der Waals surface area contributed by atoms with Gasteiger partial charge in [-0.1, -0.05) is 12.1 Å². The minimum atomic E-state index is -1.43. The van der Waals surface area contributed by atoms with Gasteiger partial charge in [-0.2, -0.15) is 0 Å². The number of carbonyl (C=O) groups is 3. The molecule has 0 aliphatic carbocycles. The van der Waals surface area contributed by atoms with Gasteiger partial charge in [0.25, 0.3) is 5.91 Å². The molecule has 0 radical (unpaired) electrons. The fraction of sp³-hybridized carbons (Fsp3) is 0.609. The van der Waals surface area contributed by atoms with Crippen molar-refractivity contribution in [3.63, 3.8) is 0 Å². The quantitative estimate of drug-likeness (QED) is 0.512. The van der Waals surface area contributed by atoms with E-state index in [-0.39, 0.29) is 24.8 Å². The number of aliphatic carboxylic acids is 1. The highest BCUT2D eigenvalue weighted by Crippen LogP contribution is 2.44. The summed E-state index contributed by atoms with van der Waals surface area (Å²) in [5, 5.41) is 19.3. The molecule has 33 heavy (non-hydrogen) atoms. The van der Waals surface area contributed by atoms with E-state index in [1.165, 1.54) is 4.90 Å². The summed E-state index contributed by atoms with van der Waals surface area (Å²) in [4.78, 5) is 40.5. The van der Waals surface area contributed by atoms with Crippen LogP contribution >= 0.6 is 0 Å². The summed E-state index contributed by atoms with van der Waals surface area (Å²) in [7, 11) is 1.58.